The van der Waals surface area contributed by atoms with E-state index in [1.54, 1.807) is 6.92 Å². The standard InChI is InChI=1S/C9H18N2O/c1-9(12)10-7-5-4-6-8-11(2)3/h8H,4-7H2,1-3H3/p+1/i2+1. The zero-order chi connectivity index (χ0) is 9.40. The molecule has 1 N–H and O–H groups in total. The van der Waals surface area contributed by atoms with Crippen LogP contribution in [0.4, 0.5) is 0 Å². The number of hydrogen-bond donors (Lipinski definition) is 1. The van der Waals surface area contributed by atoms with Crippen LogP contribution in [0.3, 0.4) is 0 Å². The molecule has 0 aromatic rings. The maximum atomic E-state index is 10.5. The van der Waals surface area contributed by atoms with E-state index in [0.717, 1.165) is 25.8 Å². The molecular formula is C9H19N2O+. The van der Waals surface area contributed by atoms with E-state index in [4.69, 9.17) is 0 Å². The molecule has 0 radical (unpaired) electrons. The summed E-state index contributed by atoms with van der Waals surface area (Å²) >= 11 is 0. The molecule has 0 aliphatic carbocycles. The van der Waals surface area contributed by atoms with Crippen LogP contribution in [-0.4, -0.2) is 37.3 Å². The monoisotopic (exact) mass is 172 g/mol. The second-order valence-corrected chi connectivity index (χ2v) is 3.12. The van der Waals surface area contributed by atoms with Gasteiger partial charge in [-0.1, -0.05) is 0 Å². The number of carbonyl (C=O) groups is 1. The lowest BCUT2D eigenvalue weighted by atomic mass is 10.2. The van der Waals surface area contributed by atoms with Crippen molar-refractivity contribution in [1.29, 1.82) is 0 Å². The van der Waals surface area contributed by atoms with Crippen molar-refractivity contribution >= 4 is 12.1 Å². The first-order valence-electron chi connectivity index (χ1n) is 4.37. The zero-order valence-corrected chi connectivity index (χ0v) is 8.26. The summed E-state index contributed by atoms with van der Waals surface area (Å²) in [6.45, 7) is 2.35. The van der Waals surface area contributed by atoms with E-state index in [-0.39, 0.29) is 5.91 Å². The van der Waals surface area contributed by atoms with Gasteiger partial charge in [0.2, 0.25) is 5.91 Å². The number of unbranched alkanes of at least 4 members (excludes halogenated alkanes) is 2. The van der Waals surface area contributed by atoms with Crippen molar-refractivity contribution in [3.63, 3.8) is 0 Å². The lowest BCUT2D eigenvalue weighted by Crippen LogP contribution is -2.20. The molecule has 0 aliphatic heterocycles. The van der Waals surface area contributed by atoms with Gasteiger partial charge in [0.05, 0.1) is 0 Å². The molecule has 0 aromatic heterocycles. The van der Waals surface area contributed by atoms with E-state index < -0.39 is 0 Å². The number of amides is 1. The average molecular weight is 172 g/mol. The molecule has 0 bridgehead atoms. The fourth-order valence-electron chi connectivity index (χ4n) is 0.883. The molecule has 3 nitrogen and oxygen atoms in total. The van der Waals surface area contributed by atoms with E-state index in [9.17, 15) is 4.79 Å². The summed E-state index contributed by atoms with van der Waals surface area (Å²) in [6.07, 6.45) is 5.43. The van der Waals surface area contributed by atoms with Gasteiger partial charge in [-0.2, -0.15) is 0 Å². The SMILES string of the molecule is CC(=O)NCCCCC=[N+](C)[13CH3]. The van der Waals surface area contributed by atoms with Crippen molar-refractivity contribution in [2.45, 2.75) is 26.2 Å². The third-order valence-corrected chi connectivity index (χ3v) is 1.50. The topological polar surface area (TPSA) is 32.1 Å². The van der Waals surface area contributed by atoms with Gasteiger partial charge in [-0.3, -0.25) is 4.79 Å². The van der Waals surface area contributed by atoms with Crippen molar-refractivity contribution in [1.82, 2.24) is 5.32 Å². The molecule has 3 heteroatoms. The number of carbonyl (C=O) groups excluding carboxylic acids is 1. The Morgan fingerprint density at radius 3 is 2.58 bits per heavy atom. The predicted octanol–water partition coefficient (Wildman–Crippen LogP) is 0.636. The highest BCUT2D eigenvalue weighted by Gasteiger charge is 1.91. The second-order valence-electron chi connectivity index (χ2n) is 3.12. The minimum atomic E-state index is 0.0617. The fourth-order valence-corrected chi connectivity index (χ4v) is 0.883. The van der Waals surface area contributed by atoms with E-state index in [2.05, 4.69) is 16.1 Å². The number of hydrogen-bond acceptors (Lipinski definition) is 1. The van der Waals surface area contributed by atoms with Gasteiger partial charge in [-0.15, -0.1) is 0 Å². The Bertz CT molecular complexity index is 160. The van der Waals surface area contributed by atoms with E-state index in [1.165, 1.54) is 0 Å². The maximum Gasteiger partial charge on any atom is 0.216 e. The molecule has 0 spiro atoms. The summed E-state index contributed by atoms with van der Waals surface area (Å²) in [7, 11) is 4.04. The first-order chi connectivity index (χ1) is 5.63. The Labute approximate surface area is 74.5 Å². The van der Waals surface area contributed by atoms with Crippen molar-refractivity contribution in [2.75, 3.05) is 20.6 Å². The lowest BCUT2D eigenvalue weighted by molar-refractivity contribution is -0.460. The van der Waals surface area contributed by atoms with E-state index in [0.29, 0.717) is 0 Å². The van der Waals surface area contributed by atoms with Gasteiger partial charge in [0, 0.05) is 19.9 Å². The van der Waals surface area contributed by atoms with E-state index >= 15 is 0 Å². The Kier molecular flexibility index (Phi) is 6.34. The summed E-state index contributed by atoms with van der Waals surface area (Å²) in [4.78, 5) is 10.5. The number of rotatable bonds is 5. The van der Waals surface area contributed by atoms with Crippen molar-refractivity contribution in [2.24, 2.45) is 0 Å². The largest absolute Gasteiger partial charge is 0.356 e. The van der Waals surface area contributed by atoms with Gasteiger partial charge in [-0.25, -0.2) is 4.58 Å². The molecule has 70 valence electrons. The maximum absolute atomic E-state index is 10.5. The van der Waals surface area contributed by atoms with Crippen LogP contribution in [0.1, 0.15) is 26.2 Å². The van der Waals surface area contributed by atoms with Gasteiger partial charge < -0.3 is 5.32 Å². The van der Waals surface area contributed by atoms with Crippen LogP contribution in [0.2, 0.25) is 0 Å². The molecule has 0 atom stereocenters. The van der Waals surface area contributed by atoms with Gasteiger partial charge in [0.25, 0.3) is 0 Å². The van der Waals surface area contributed by atoms with Gasteiger partial charge in [-0.05, 0) is 12.8 Å². The molecule has 0 saturated carbocycles. The Morgan fingerprint density at radius 2 is 2.08 bits per heavy atom. The van der Waals surface area contributed by atoms with Gasteiger partial charge >= 0.3 is 0 Å². The second kappa shape index (κ2) is 6.83. The highest BCUT2D eigenvalue weighted by atomic mass is 16.1. The van der Waals surface area contributed by atoms with E-state index in [1.807, 2.05) is 14.1 Å². The molecule has 0 fully saturated rings. The summed E-state index contributed by atoms with van der Waals surface area (Å²) in [6, 6.07) is 0. The van der Waals surface area contributed by atoms with Gasteiger partial charge in [0.1, 0.15) is 20.3 Å². The highest BCUT2D eigenvalue weighted by molar-refractivity contribution is 5.72. The summed E-state index contributed by atoms with van der Waals surface area (Å²) in [5, 5.41) is 2.77. The normalized spacial score (nSPS) is 11.4. The molecule has 0 saturated heterocycles. The summed E-state index contributed by atoms with van der Waals surface area (Å²) in [5.41, 5.74) is 0. The third-order valence-electron chi connectivity index (χ3n) is 1.50. The van der Waals surface area contributed by atoms with Crippen LogP contribution >= 0.6 is 0 Å². The smallest absolute Gasteiger partial charge is 0.216 e. The first-order valence-corrected chi connectivity index (χ1v) is 4.37. The quantitative estimate of drug-likeness (QED) is 0.280. The summed E-state index contributed by atoms with van der Waals surface area (Å²) in [5.74, 6) is 0.0617. The van der Waals surface area contributed by atoms with Crippen LogP contribution in [-0.2, 0) is 4.79 Å². The lowest BCUT2D eigenvalue weighted by Gasteiger charge is -1.98. The fraction of sp³-hybridized carbons (Fsp3) is 0.778. The Hall–Kier alpha value is -0.860. The molecule has 1 amide bonds. The van der Waals surface area contributed by atoms with Crippen LogP contribution in [0.15, 0.2) is 0 Å². The Balaban J connectivity index is 3.11. The number of nitrogens with zero attached hydrogens (tertiary/aromatic N) is 1. The van der Waals surface area contributed by atoms with Crippen LogP contribution in [0, 0.1) is 0 Å². The number of nitrogens with one attached hydrogen (secondary N) is 1. The van der Waals surface area contributed by atoms with Crippen molar-refractivity contribution < 1.29 is 9.37 Å². The summed E-state index contributed by atoms with van der Waals surface area (Å²) < 4.78 is 2.05. The minimum Gasteiger partial charge on any atom is -0.356 e. The highest BCUT2D eigenvalue weighted by Crippen LogP contribution is 1.90. The molecule has 12 heavy (non-hydrogen) atoms. The zero-order valence-electron chi connectivity index (χ0n) is 8.26. The third kappa shape index (κ3) is 9.14. The molecule has 0 aliphatic rings. The molecule has 0 rings (SSSR count). The Morgan fingerprint density at radius 1 is 1.42 bits per heavy atom. The van der Waals surface area contributed by atoms with Crippen LogP contribution < -0.4 is 5.32 Å². The molecular weight excluding hydrogens is 153 g/mol. The minimum absolute atomic E-state index is 0.0617. The van der Waals surface area contributed by atoms with Crippen LogP contribution in [0.5, 0.6) is 0 Å². The van der Waals surface area contributed by atoms with Crippen molar-refractivity contribution in [3.05, 3.63) is 0 Å². The van der Waals surface area contributed by atoms with Gasteiger partial charge in [0.15, 0.2) is 0 Å². The molecule has 0 unspecified atom stereocenters. The molecule has 0 aromatic carbocycles. The average Bonchev–Trinajstić information content (AvgIpc) is 1.95. The molecule has 0 heterocycles. The predicted molar refractivity (Wildman–Crippen MR) is 50.7 cm³/mol. The first kappa shape index (κ1) is 11.1. The van der Waals surface area contributed by atoms with Crippen LogP contribution in [0.25, 0.3) is 0 Å². The van der Waals surface area contributed by atoms with Crippen molar-refractivity contribution in [3.8, 4) is 0 Å².